The van der Waals surface area contributed by atoms with E-state index in [0.717, 1.165) is 12.1 Å². The van der Waals surface area contributed by atoms with Crippen molar-refractivity contribution in [1.82, 2.24) is 0 Å². The lowest BCUT2D eigenvalue weighted by molar-refractivity contribution is -0.105. The van der Waals surface area contributed by atoms with E-state index in [9.17, 15) is 13.6 Å². The van der Waals surface area contributed by atoms with Gasteiger partial charge in [-0.2, -0.15) is 0 Å². The first-order chi connectivity index (χ1) is 5.65. The van der Waals surface area contributed by atoms with Gasteiger partial charge in [0.05, 0.1) is 0 Å². The molecule has 0 atom stereocenters. The van der Waals surface area contributed by atoms with E-state index in [1.54, 1.807) is 6.92 Å². The highest BCUT2D eigenvalue weighted by molar-refractivity contribution is 5.71. The Labute approximate surface area is 68.2 Å². The highest BCUT2D eigenvalue weighted by atomic mass is 19.1. The summed E-state index contributed by atoms with van der Waals surface area (Å²) < 4.78 is 25.7. The number of benzene rings is 1. The fourth-order valence-electron chi connectivity index (χ4n) is 0.897. The van der Waals surface area contributed by atoms with Gasteiger partial charge in [0, 0.05) is 0 Å². The molecule has 64 valence electrons. The van der Waals surface area contributed by atoms with E-state index < -0.39 is 17.3 Å². The summed E-state index contributed by atoms with van der Waals surface area (Å²) in [5.41, 5.74) is 0.0667. The van der Waals surface area contributed by atoms with Crippen molar-refractivity contribution in [2.24, 2.45) is 0 Å². The number of hydrogen-bond acceptors (Lipinski definition) is 1. The number of anilines is 1. The molecule has 1 amide bonds. The highest BCUT2D eigenvalue weighted by Crippen LogP contribution is 2.19. The zero-order chi connectivity index (χ0) is 9.14. The SMILES string of the molecule is Cc1cc(F)c(NC=O)c(F)c1. The maximum absolute atomic E-state index is 12.8. The molecule has 0 aliphatic rings. The molecule has 0 spiro atoms. The fraction of sp³-hybridized carbons (Fsp3) is 0.125. The Bertz CT molecular complexity index is 289. The summed E-state index contributed by atoms with van der Waals surface area (Å²) >= 11 is 0. The van der Waals surface area contributed by atoms with Gasteiger partial charge >= 0.3 is 0 Å². The summed E-state index contributed by atoms with van der Waals surface area (Å²) in [6.07, 6.45) is 0.233. The molecule has 0 saturated heterocycles. The second-order valence-electron chi connectivity index (χ2n) is 2.37. The van der Waals surface area contributed by atoms with Gasteiger partial charge < -0.3 is 5.32 Å². The zero-order valence-corrected chi connectivity index (χ0v) is 6.40. The number of carbonyl (C=O) groups excluding carboxylic acids is 1. The van der Waals surface area contributed by atoms with Crippen LogP contribution in [0.5, 0.6) is 0 Å². The van der Waals surface area contributed by atoms with Crippen LogP contribution in [0.15, 0.2) is 12.1 Å². The Morgan fingerprint density at radius 3 is 2.25 bits per heavy atom. The number of halogens is 2. The Morgan fingerprint density at radius 2 is 1.83 bits per heavy atom. The first-order valence-corrected chi connectivity index (χ1v) is 3.31. The summed E-state index contributed by atoms with van der Waals surface area (Å²) in [5, 5.41) is 1.94. The van der Waals surface area contributed by atoms with Crippen LogP contribution in [0.1, 0.15) is 5.56 Å². The average Bonchev–Trinajstić information content (AvgIpc) is 1.96. The zero-order valence-electron chi connectivity index (χ0n) is 6.40. The van der Waals surface area contributed by atoms with E-state index >= 15 is 0 Å². The normalized spacial score (nSPS) is 9.58. The van der Waals surface area contributed by atoms with Crippen LogP contribution in [0, 0.1) is 18.6 Å². The summed E-state index contributed by atoms with van der Waals surface area (Å²) in [6.45, 7) is 1.57. The van der Waals surface area contributed by atoms with Crippen LogP contribution in [-0.4, -0.2) is 6.41 Å². The number of amides is 1. The van der Waals surface area contributed by atoms with Crippen molar-refractivity contribution in [3.63, 3.8) is 0 Å². The Kier molecular flexibility index (Phi) is 2.38. The molecule has 0 aliphatic carbocycles. The molecule has 1 aromatic carbocycles. The van der Waals surface area contributed by atoms with Crippen molar-refractivity contribution < 1.29 is 13.6 Å². The molecule has 0 saturated carbocycles. The van der Waals surface area contributed by atoms with Crippen molar-refractivity contribution in [1.29, 1.82) is 0 Å². The highest BCUT2D eigenvalue weighted by Gasteiger charge is 2.07. The van der Waals surface area contributed by atoms with E-state index in [2.05, 4.69) is 0 Å². The van der Waals surface area contributed by atoms with E-state index in [-0.39, 0.29) is 6.41 Å². The van der Waals surface area contributed by atoms with Crippen LogP contribution in [-0.2, 0) is 4.79 Å². The Balaban J connectivity index is 3.18. The van der Waals surface area contributed by atoms with Gasteiger partial charge in [-0.15, -0.1) is 0 Å². The molecule has 4 heteroatoms. The molecular weight excluding hydrogens is 164 g/mol. The van der Waals surface area contributed by atoms with Crippen LogP contribution in [0.4, 0.5) is 14.5 Å². The van der Waals surface area contributed by atoms with Crippen LogP contribution in [0.25, 0.3) is 0 Å². The number of nitrogens with one attached hydrogen (secondary N) is 1. The second kappa shape index (κ2) is 3.30. The second-order valence-corrected chi connectivity index (χ2v) is 2.37. The summed E-state index contributed by atoms with van der Waals surface area (Å²) in [7, 11) is 0. The minimum atomic E-state index is -0.764. The number of rotatable bonds is 2. The van der Waals surface area contributed by atoms with Crippen LogP contribution in [0.2, 0.25) is 0 Å². The molecule has 0 heterocycles. The van der Waals surface area contributed by atoms with Crippen molar-refractivity contribution in [3.05, 3.63) is 29.3 Å². The largest absolute Gasteiger partial charge is 0.324 e. The van der Waals surface area contributed by atoms with Gasteiger partial charge in [0.1, 0.15) is 17.3 Å². The van der Waals surface area contributed by atoms with Crippen molar-refractivity contribution in [3.8, 4) is 0 Å². The molecule has 0 unspecified atom stereocenters. The van der Waals surface area contributed by atoms with Crippen LogP contribution >= 0.6 is 0 Å². The maximum Gasteiger partial charge on any atom is 0.211 e. The molecule has 12 heavy (non-hydrogen) atoms. The monoisotopic (exact) mass is 171 g/mol. The molecule has 0 aliphatic heterocycles. The molecule has 0 bridgehead atoms. The van der Waals surface area contributed by atoms with Gasteiger partial charge in [-0.1, -0.05) is 0 Å². The topological polar surface area (TPSA) is 29.1 Å². The maximum atomic E-state index is 12.8. The molecular formula is C8H7F2NO. The number of aryl methyl sites for hydroxylation is 1. The van der Waals surface area contributed by atoms with Gasteiger partial charge in [-0.3, -0.25) is 4.79 Å². The predicted octanol–water partition coefficient (Wildman–Crippen LogP) is 1.84. The number of carbonyl (C=O) groups is 1. The molecule has 0 fully saturated rings. The Hall–Kier alpha value is -1.45. The van der Waals surface area contributed by atoms with Crippen molar-refractivity contribution >= 4 is 12.1 Å². The lowest BCUT2D eigenvalue weighted by atomic mass is 10.2. The first-order valence-electron chi connectivity index (χ1n) is 3.31. The molecule has 0 radical (unpaired) electrons. The average molecular weight is 171 g/mol. The molecule has 1 N–H and O–H groups in total. The third-order valence-electron chi connectivity index (χ3n) is 1.39. The van der Waals surface area contributed by atoms with Gasteiger partial charge in [-0.25, -0.2) is 8.78 Å². The minimum absolute atomic E-state index is 0.233. The van der Waals surface area contributed by atoms with Crippen LogP contribution < -0.4 is 5.32 Å². The standard InChI is InChI=1S/C8H7F2NO/c1-5-2-6(9)8(11-4-12)7(10)3-5/h2-4H,1H3,(H,11,12). The molecule has 2 nitrogen and oxygen atoms in total. The van der Waals surface area contributed by atoms with E-state index in [1.165, 1.54) is 0 Å². The molecule has 0 aromatic heterocycles. The lowest BCUT2D eigenvalue weighted by Crippen LogP contribution is -2.00. The summed E-state index contributed by atoms with van der Waals surface area (Å²) in [4.78, 5) is 9.92. The summed E-state index contributed by atoms with van der Waals surface area (Å²) in [6, 6.07) is 2.30. The molecule has 1 aromatic rings. The molecule has 1 rings (SSSR count). The van der Waals surface area contributed by atoms with Crippen molar-refractivity contribution in [2.75, 3.05) is 5.32 Å². The third kappa shape index (κ3) is 1.58. The van der Waals surface area contributed by atoms with Crippen LogP contribution in [0.3, 0.4) is 0 Å². The lowest BCUT2D eigenvalue weighted by Gasteiger charge is -2.03. The van der Waals surface area contributed by atoms with Crippen molar-refractivity contribution in [2.45, 2.75) is 6.92 Å². The van der Waals surface area contributed by atoms with E-state index in [4.69, 9.17) is 0 Å². The summed E-state index contributed by atoms with van der Waals surface area (Å²) in [5.74, 6) is -1.53. The third-order valence-corrected chi connectivity index (χ3v) is 1.39. The fourth-order valence-corrected chi connectivity index (χ4v) is 0.897. The smallest absolute Gasteiger partial charge is 0.211 e. The van der Waals surface area contributed by atoms with Gasteiger partial charge in [0.25, 0.3) is 0 Å². The van der Waals surface area contributed by atoms with Gasteiger partial charge in [-0.05, 0) is 24.6 Å². The van der Waals surface area contributed by atoms with E-state index in [1.807, 2.05) is 5.32 Å². The Morgan fingerprint density at radius 1 is 1.33 bits per heavy atom. The predicted molar refractivity (Wildman–Crippen MR) is 40.8 cm³/mol. The van der Waals surface area contributed by atoms with Gasteiger partial charge in [0.2, 0.25) is 6.41 Å². The van der Waals surface area contributed by atoms with E-state index in [0.29, 0.717) is 5.56 Å². The van der Waals surface area contributed by atoms with Gasteiger partial charge in [0.15, 0.2) is 0 Å². The quantitative estimate of drug-likeness (QED) is 0.676. The first kappa shape index (κ1) is 8.64. The minimum Gasteiger partial charge on any atom is -0.324 e. The number of hydrogen-bond donors (Lipinski definition) is 1.